The summed E-state index contributed by atoms with van der Waals surface area (Å²) >= 11 is 0. The van der Waals surface area contributed by atoms with Crippen molar-refractivity contribution in [3.8, 4) is 0 Å². The molecule has 2 aromatic heterocycles. The Labute approximate surface area is 167 Å². The second kappa shape index (κ2) is 6.46. The summed E-state index contributed by atoms with van der Waals surface area (Å²) in [5, 5.41) is 4.33. The summed E-state index contributed by atoms with van der Waals surface area (Å²) in [7, 11) is 0. The van der Waals surface area contributed by atoms with E-state index in [1.54, 1.807) is 6.20 Å². The van der Waals surface area contributed by atoms with Crippen LogP contribution in [0.2, 0.25) is 0 Å². The number of para-hydroxylation sites is 1. The molecule has 6 nitrogen and oxygen atoms in total. The van der Waals surface area contributed by atoms with Gasteiger partial charge in [0.15, 0.2) is 0 Å². The highest BCUT2D eigenvalue weighted by atomic mass is 16.2. The number of aromatic amines is 1. The fourth-order valence-corrected chi connectivity index (χ4v) is 4.17. The number of hydrogen-bond acceptors (Lipinski definition) is 3. The third-order valence-corrected chi connectivity index (χ3v) is 5.47. The molecule has 4 N–H and O–H groups in total. The number of nitrogens with two attached hydrogens (primary N) is 1. The third kappa shape index (κ3) is 2.61. The maximum atomic E-state index is 12.9. The number of rotatable bonds is 4. The van der Waals surface area contributed by atoms with Crippen molar-refractivity contribution in [3.63, 3.8) is 0 Å². The van der Waals surface area contributed by atoms with Gasteiger partial charge in [0, 0.05) is 58.4 Å². The minimum Gasteiger partial charge on any atom is -0.361 e. The summed E-state index contributed by atoms with van der Waals surface area (Å²) in [5.41, 5.74) is 11.1. The second-order valence-corrected chi connectivity index (χ2v) is 7.33. The van der Waals surface area contributed by atoms with Crippen LogP contribution in [0.15, 0.2) is 54.9 Å². The molecule has 3 heterocycles. The Bertz CT molecular complexity index is 1340. The van der Waals surface area contributed by atoms with Crippen molar-refractivity contribution in [2.24, 2.45) is 5.73 Å². The zero-order chi connectivity index (χ0) is 20.1. The first-order valence-electron chi connectivity index (χ1n) is 9.55. The summed E-state index contributed by atoms with van der Waals surface area (Å²) in [4.78, 5) is 28.9. The number of nitrogens with one attached hydrogen (secondary N) is 2. The van der Waals surface area contributed by atoms with Crippen molar-refractivity contribution < 1.29 is 9.59 Å². The average molecular weight is 384 g/mol. The summed E-state index contributed by atoms with van der Waals surface area (Å²) in [6.07, 6.45) is 3.72. The third-order valence-electron chi connectivity index (χ3n) is 5.47. The average Bonchev–Trinajstić information content (AvgIpc) is 3.35. The Balaban J connectivity index is 1.83. The van der Waals surface area contributed by atoms with Gasteiger partial charge in [-0.25, -0.2) is 0 Å². The van der Waals surface area contributed by atoms with Gasteiger partial charge in [0.25, 0.3) is 11.8 Å². The minimum absolute atomic E-state index is 0.373. The fourth-order valence-electron chi connectivity index (χ4n) is 4.17. The Kier molecular flexibility index (Phi) is 3.89. The molecule has 2 aromatic carbocycles. The van der Waals surface area contributed by atoms with Crippen molar-refractivity contribution in [2.75, 3.05) is 6.54 Å². The topological polar surface area (TPSA) is 92.9 Å². The van der Waals surface area contributed by atoms with Crippen molar-refractivity contribution in [1.82, 2.24) is 14.9 Å². The van der Waals surface area contributed by atoms with Crippen LogP contribution in [0.25, 0.3) is 33.0 Å². The molecule has 0 atom stereocenters. The number of nitrogens with zero attached hydrogens (tertiary/aromatic N) is 1. The van der Waals surface area contributed by atoms with E-state index in [1.165, 1.54) is 0 Å². The summed E-state index contributed by atoms with van der Waals surface area (Å²) in [5.74, 6) is -0.746. The van der Waals surface area contributed by atoms with Gasteiger partial charge < -0.3 is 15.3 Å². The Morgan fingerprint density at radius 2 is 1.72 bits per heavy atom. The van der Waals surface area contributed by atoms with E-state index >= 15 is 0 Å². The molecule has 1 aliphatic rings. The van der Waals surface area contributed by atoms with Crippen molar-refractivity contribution in [1.29, 1.82) is 0 Å². The number of carbonyl (C=O) groups is 2. The van der Waals surface area contributed by atoms with Gasteiger partial charge in [0.05, 0.1) is 11.1 Å². The standard InChI is InChI=1S/C23H20N4O2/c1-13-6-7-15-17(12-27(9-8-24)19(15)10-13)21-20(22(28)26-23(21)29)16-11-25-18-5-3-2-4-14(16)18/h2-7,10-12,25H,8-9,24H2,1H3,(H,26,28,29). The van der Waals surface area contributed by atoms with Crippen LogP contribution in [0.3, 0.4) is 0 Å². The highest BCUT2D eigenvalue weighted by Crippen LogP contribution is 2.38. The van der Waals surface area contributed by atoms with Crippen molar-refractivity contribution >= 4 is 44.8 Å². The molecule has 0 unspecified atom stereocenters. The molecule has 6 heteroatoms. The molecule has 1 aliphatic heterocycles. The molecule has 0 saturated carbocycles. The van der Waals surface area contributed by atoms with Gasteiger partial charge in [-0.1, -0.05) is 30.3 Å². The van der Waals surface area contributed by atoms with Gasteiger partial charge in [-0.15, -0.1) is 0 Å². The fraction of sp³-hybridized carbons (Fsp3) is 0.130. The number of aromatic nitrogens is 2. The quantitative estimate of drug-likeness (QED) is 0.472. The van der Waals surface area contributed by atoms with Crippen molar-refractivity contribution in [2.45, 2.75) is 13.5 Å². The van der Waals surface area contributed by atoms with Crippen LogP contribution in [0, 0.1) is 6.92 Å². The first-order valence-corrected chi connectivity index (χ1v) is 9.55. The van der Waals surface area contributed by atoms with E-state index in [9.17, 15) is 9.59 Å². The van der Waals surface area contributed by atoms with Gasteiger partial charge >= 0.3 is 0 Å². The number of aryl methyl sites for hydroxylation is 1. The van der Waals surface area contributed by atoms with Gasteiger partial charge in [-0.2, -0.15) is 0 Å². The number of fused-ring (bicyclic) bond motifs is 2. The molecule has 0 spiro atoms. The van der Waals surface area contributed by atoms with E-state index in [-0.39, 0.29) is 11.8 Å². The summed E-state index contributed by atoms with van der Waals surface area (Å²) in [6, 6.07) is 13.8. The molecule has 0 saturated heterocycles. The van der Waals surface area contributed by atoms with E-state index in [4.69, 9.17) is 5.73 Å². The number of amides is 2. The van der Waals surface area contributed by atoms with Gasteiger partial charge in [0.2, 0.25) is 0 Å². The Hall–Kier alpha value is -3.64. The lowest BCUT2D eigenvalue weighted by atomic mass is 9.95. The molecule has 29 heavy (non-hydrogen) atoms. The smallest absolute Gasteiger partial charge is 0.259 e. The predicted octanol–water partition coefficient (Wildman–Crippen LogP) is 2.96. The second-order valence-electron chi connectivity index (χ2n) is 7.33. The summed E-state index contributed by atoms with van der Waals surface area (Å²) < 4.78 is 2.05. The number of carbonyl (C=O) groups excluding carboxylic acids is 2. The van der Waals surface area contributed by atoms with Gasteiger partial charge in [-0.05, 0) is 24.6 Å². The van der Waals surface area contributed by atoms with Crippen LogP contribution in [-0.2, 0) is 16.1 Å². The number of imide groups is 1. The first-order chi connectivity index (χ1) is 14.1. The molecule has 4 aromatic rings. The highest BCUT2D eigenvalue weighted by molar-refractivity contribution is 6.50. The predicted molar refractivity (Wildman–Crippen MR) is 114 cm³/mol. The highest BCUT2D eigenvalue weighted by Gasteiger charge is 2.34. The van der Waals surface area contributed by atoms with E-state index in [0.717, 1.165) is 38.5 Å². The Morgan fingerprint density at radius 3 is 2.52 bits per heavy atom. The maximum Gasteiger partial charge on any atom is 0.259 e. The first kappa shape index (κ1) is 17.5. The van der Waals surface area contributed by atoms with E-state index in [0.29, 0.717) is 24.2 Å². The summed E-state index contributed by atoms with van der Waals surface area (Å²) in [6.45, 7) is 3.14. The van der Waals surface area contributed by atoms with Crippen LogP contribution in [0.4, 0.5) is 0 Å². The van der Waals surface area contributed by atoms with Crippen LogP contribution in [0.5, 0.6) is 0 Å². The zero-order valence-electron chi connectivity index (χ0n) is 16.0. The molecular formula is C23H20N4O2. The maximum absolute atomic E-state index is 12.9. The molecule has 0 aliphatic carbocycles. The number of hydrogen-bond donors (Lipinski definition) is 3. The van der Waals surface area contributed by atoms with Crippen molar-refractivity contribution in [3.05, 3.63) is 71.5 Å². The zero-order valence-corrected chi connectivity index (χ0v) is 16.0. The lowest BCUT2D eigenvalue weighted by molar-refractivity contribution is -0.122. The molecular weight excluding hydrogens is 364 g/mol. The van der Waals surface area contributed by atoms with Crippen LogP contribution in [-0.4, -0.2) is 27.9 Å². The van der Waals surface area contributed by atoms with E-state index in [2.05, 4.69) is 16.4 Å². The SMILES string of the molecule is Cc1ccc2c(C3=C(c4c[nH]c5ccccc45)C(=O)NC3=O)cn(CCN)c2c1. The number of benzene rings is 2. The monoisotopic (exact) mass is 384 g/mol. The van der Waals surface area contributed by atoms with Crippen LogP contribution in [0.1, 0.15) is 16.7 Å². The van der Waals surface area contributed by atoms with Crippen LogP contribution >= 0.6 is 0 Å². The largest absolute Gasteiger partial charge is 0.361 e. The van der Waals surface area contributed by atoms with E-state index in [1.807, 2.05) is 54.1 Å². The number of H-pyrrole nitrogens is 1. The molecule has 0 bridgehead atoms. The molecule has 2 amide bonds. The molecule has 144 valence electrons. The lowest BCUT2D eigenvalue weighted by Gasteiger charge is -2.03. The molecule has 5 rings (SSSR count). The normalized spacial score (nSPS) is 14.4. The van der Waals surface area contributed by atoms with Gasteiger partial charge in [0.1, 0.15) is 0 Å². The van der Waals surface area contributed by atoms with Gasteiger partial charge in [-0.3, -0.25) is 14.9 Å². The van der Waals surface area contributed by atoms with Crippen LogP contribution < -0.4 is 11.1 Å². The molecule has 0 fully saturated rings. The Morgan fingerprint density at radius 1 is 0.966 bits per heavy atom. The lowest BCUT2D eigenvalue weighted by Crippen LogP contribution is -2.22. The minimum atomic E-state index is -0.374. The van der Waals surface area contributed by atoms with E-state index < -0.39 is 0 Å². The molecule has 0 radical (unpaired) electrons.